The molecule has 0 aliphatic carbocycles. The van der Waals surface area contributed by atoms with Crippen molar-refractivity contribution < 1.29 is 9.18 Å². The molecule has 78 valence electrons. The largest absolute Gasteiger partial charge is 0.297 e. The Bertz CT molecular complexity index is 586. The zero-order chi connectivity index (χ0) is 11.5. The van der Waals surface area contributed by atoms with E-state index in [-0.39, 0.29) is 5.69 Å². The zero-order valence-electron chi connectivity index (χ0n) is 7.98. The molecule has 16 heavy (non-hydrogen) atoms. The summed E-state index contributed by atoms with van der Waals surface area (Å²) in [6, 6.07) is 4.54. The first-order valence-corrected chi connectivity index (χ1v) is 5.22. The lowest BCUT2D eigenvalue weighted by atomic mass is 10.1. The van der Waals surface area contributed by atoms with Crippen molar-refractivity contribution >= 4 is 17.6 Å². The van der Waals surface area contributed by atoms with Gasteiger partial charge < -0.3 is 0 Å². The summed E-state index contributed by atoms with van der Waals surface area (Å²) in [7, 11) is 0. The van der Waals surface area contributed by atoms with Crippen molar-refractivity contribution in [2.24, 2.45) is 0 Å². The van der Waals surface area contributed by atoms with E-state index in [0.29, 0.717) is 10.4 Å². The number of rotatable bonds is 2. The maximum atomic E-state index is 13.3. The van der Waals surface area contributed by atoms with Gasteiger partial charge in [-0.25, -0.2) is 9.37 Å². The van der Waals surface area contributed by atoms with Crippen molar-refractivity contribution in [2.45, 2.75) is 0 Å². The molecule has 2 aromatic rings. The van der Waals surface area contributed by atoms with Gasteiger partial charge in [-0.3, -0.25) is 4.79 Å². The van der Waals surface area contributed by atoms with E-state index in [2.05, 4.69) is 4.98 Å². The lowest BCUT2D eigenvalue weighted by Gasteiger charge is -1.97. The minimum absolute atomic E-state index is 0.227. The molecule has 0 aliphatic rings. The van der Waals surface area contributed by atoms with Gasteiger partial charge in [0.05, 0.1) is 4.88 Å². The van der Waals surface area contributed by atoms with Gasteiger partial charge in [0, 0.05) is 11.8 Å². The van der Waals surface area contributed by atoms with Gasteiger partial charge in [-0.2, -0.15) is 5.26 Å². The maximum Gasteiger partial charge on any atom is 0.176 e. The normalized spacial score (nSPS) is 9.75. The van der Waals surface area contributed by atoms with Crippen LogP contribution in [0.25, 0.3) is 11.1 Å². The highest BCUT2D eigenvalue weighted by molar-refractivity contribution is 7.12. The molecule has 0 amide bonds. The van der Waals surface area contributed by atoms with E-state index in [0.717, 1.165) is 11.8 Å². The van der Waals surface area contributed by atoms with Crippen LogP contribution in [-0.4, -0.2) is 11.3 Å². The van der Waals surface area contributed by atoms with Crippen LogP contribution < -0.4 is 0 Å². The molecule has 0 spiro atoms. The quantitative estimate of drug-likeness (QED) is 0.748. The van der Waals surface area contributed by atoms with Crippen LogP contribution in [0.3, 0.4) is 0 Å². The van der Waals surface area contributed by atoms with Gasteiger partial charge in [0.15, 0.2) is 17.8 Å². The van der Waals surface area contributed by atoms with Gasteiger partial charge >= 0.3 is 0 Å². The standard InChI is InChI=1S/C11H5FN2OS/c12-10-2-7(4-14-11(10)3-13)8-1-9(5-15)16-6-8/h1-2,4-6H. The second-order valence-electron chi connectivity index (χ2n) is 3.02. The van der Waals surface area contributed by atoms with Crippen LogP contribution in [0.15, 0.2) is 23.7 Å². The molecule has 0 N–H and O–H groups in total. The minimum atomic E-state index is -0.654. The Kier molecular flexibility index (Phi) is 2.75. The van der Waals surface area contributed by atoms with Crippen LogP contribution in [0.4, 0.5) is 4.39 Å². The number of carbonyl (C=O) groups is 1. The number of hydrogen-bond acceptors (Lipinski definition) is 4. The Morgan fingerprint density at radius 3 is 2.81 bits per heavy atom. The molecule has 0 saturated carbocycles. The Labute approximate surface area is 94.8 Å². The van der Waals surface area contributed by atoms with Gasteiger partial charge in [-0.1, -0.05) is 0 Å². The van der Waals surface area contributed by atoms with Crippen molar-refractivity contribution in [1.29, 1.82) is 5.26 Å². The predicted octanol–water partition coefficient (Wildman–Crippen LogP) is 2.63. The van der Waals surface area contributed by atoms with Crippen LogP contribution in [-0.2, 0) is 0 Å². The molecule has 2 aromatic heterocycles. The van der Waals surface area contributed by atoms with E-state index in [9.17, 15) is 9.18 Å². The van der Waals surface area contributed by atoms with E-state index >= 15 is 0 Å². The van der Waals surface area contributed by atoms with Crippen molar-refractivity contribution in [3.63, 3.8) is 0 Å². The molecule has 0 fully saturated rings. The van der Waals surface area contributed by atoms with Crippen molar-refractivity contribution in [1.82, 2.24) is 4.98 Å². The first-order valence-electron chi connectivity index (χ1n) is 4.34. The Balaban J connectivity index is 2.45. The SMILES string of the molecule is N#Cc1ncc(-c2csc(C=O)c2)cc1F. The van der Waals surface area contributed by atoms with E-state index in [1.807, 2.05) is 0 Å². The molecule has 0 saturated heterocycles. The molecular weight excluding hydrogens is 227 g/mol. The van der Waals surface area contributed by atoms with E-state index in [4.69, 9.17) is 5.26 Å². The Morgan fingerprint density at radius 2 is 2.25 bits per heavy atom. The highest BCUT2D eigenvalue weighted by Crippen LogP contribution is 2.25. The lowest BCUT2D eigenvalue weighted by Crippen LogP contribution is -1.89. The molecule has 0 atom stereocenters. The fourth-order valence-corrected chi connectivity index (χ4v) is 1.96. The van der Waals surface area contributed by atoms with Crippen molar-refractivity contribution in [3.05, 3.63) is 40.1 Å². The van der Waals surface area contributed by atoms with Gasteiger partial charge in [-0.05, 0) is 23.1 Å². The number of carbonyl (C=O) groups excluding carboxylic acids is 1. The first kappa shape index (κ1) is 10.5. The molecule has 2 heterocycles. The first-order chi connectivity index (χ1) is 7.74. The second-order valence-corrected chi connectivity index (χ2v) is 3.96. The molecule has 0 aliphatic heterocycles. The third-order valence-electron chi connectivity index (χ3n) is 2.02. The third kappa shape index (κ3) is 1.83. The molecule has 0 unspecified atom stereocenters. The summed E-state index contributed by atoms with van der Waals surface area (Å²) in [6.07, 6.45) is 2.15. The van der Waals surface area contributed by atoms with Gasteiger partial charge in [0.1, 0.15) is 6.07 Å². The number of aldehydes is 1. The van der Waals surface area contributed by atoms with E-state index in [1.54, 1.807) is 17.5 Å². The number of nitrogens with zero attached hydrogens (tertiary/aromatic N) is 2. The topological polar surface area (TPSA) is 53.8 Å². The molecule has 0 aromatic carbocycles. The smallest absolute Gasteiger partial charge is 0.176 e. The number of halogens is 1. The molecule has 0 bridgehead atoms. The predicted molar refractivity (Wildman–Crippen MR) is 57.6 cm³/mol. The average molecular weight is 232 g/mol. The highest BCUT2D eigenvalue weighted by atomic mass is 32.1. The number of nitriles is 1. The van der Waals surface area contributed by atoms with Crippen LogP contribution in [0, 0.1) is 17.1 Å². The average Bonchev–Trinajstić information content (AvgIpc) is 2.77. The maximum absolute atomic E-state index is 13.3. The van der Waals surface area contributed by atoms with Gasteiger partial charge in [0.25, 0.3) is 0 Å². The van der Waals surface area contributed by atoms with E-state index in [1.165, 1.54) is 23.6 Å². The van der Waals surface area contributed by atoms with E-state index < -0.39 is 5.82 Å². The van der Waals surface area contributed by atoms with Crippen LogP contribution >= 0.6 is 11.3 Å². The van der Waals surface area contributed by atoms with Crippen molar-refractivity contribution in [2.75, 3.05) is 0 Å². The summed E-state index contributed by atoms with van der Waals surface area (Å²) in [5.41, 5.74) is 1.05. The van der Waals surface area contributed by atoms with Gasteiger partial charge in [0.2, 0.25) is 0 Å². The monoisotopic (exact) mass is 232 g/mol. The van der Waals surface area contributed by atoms with Crippen LogP contribution in [0.2, 0.25) is 0 Å². The third-order valence-corrected chi connectivity index (χ3v) is 2.87. The molecule has 0 radical (unpaired) electrons. The molecule has 5 heteroatoms. The summed E-state index contributed by atoms with van der Waals surface area (Å²) in [5, 5.41) is 10.3. The minimum Gasteiger partial charge on any atom is -0.297 e. The highest BCUT2D eigenvalue weighted by Gasteiger charge is 2.07. The second kappa shape index (κ2) is 4.21. The Morgan fingerprint density at radius 1 is 1.44 bits per heavy atom. The van der Waals surface area contributed by atoms with Gasteiger partial charge in [-0.15, -0.1) is 11.3 Å². The molecule has 3 nitrogen and oxygen atoms in total. The lowest BCUT2D eigenvalue weighted by molar-refractivity contribution is 0.112. The fourth-order valence-electron chi connectivity index (χ4n) is 1.24. The number of pyridine rings is 1. The molecular formula is C11H5FN2OS. The van der Waals surface area contributed by atoms with Crippen LogP contribution in [0.1, 0.15) is 15.4 Å². The summed E-state index contributed by atoms with van der Waals surface area (Å²) >= 11 is 1.28. The summed E-state index contributed by atoms with van der Waals surface area (Å²) < 4.78 is 13.3. The number of hydrogen-bond donors (Lipinski definition) is 0. The molecule has 2 rings (SSSR count). The Hall–Kier alpha value is -2.06. The summed E-state index contributed by atoms with van der Waals surface area (Å²) in [6.45, 7) is 0. The van der Waals surface area contributed by atoms with Crippen LogP contribution in [0.5, 0.6) is 0 Å². The fraction of sp³-hybridized carbons (Fsp3) is 0. The van der Waals surface area contributed by atoms with Crippen molar-refractivity contribution in [3.8, 4) is 17.2 Å². The summed E-state index contributed by atoms with van der Waals surface area (Å²) in [5.74, 6) is -0.654. The number of thiophene rings is 1. The summed E-state index contributed by atoms with van der Waals surface area (Å²) in [4.78, 5) is 14.8. The zero-order valence-corrected chi connectivity index (χ0v) is 8.79. The number of aromatic nitrogens is 1.